The van der Waals surface area contributed by atoms with Gasteiger partial charge < -0.3 is 49.3 Å². The number of hydrogen-bond acceptors (Lipinski definition) is 10. The fourth-order valence-electron chi connectivity index (χ4n) is 9.13. The van der Waals surface area contributed by atoms with Gasteiger partial charge in [-0.1, -0.05) is 61.1 Å². The van der Waals surface area contributed by atoms with Gasteiger partial charge >= 0.3 is 12.2 Å². The first-order valence-corrected chi connectivity index (χ1v) is 22.4. The summed E-state index contributed by atoms with van der Waals surface area (Å²) >= 11 is 2.31. The van der Waals surface area contributed by atoms with Gasteiger partial charge in [-0.2, -0.15) is 0 Å². The fourth-order valence-corrected chi connectivity index (χ4v) is 10.2. The van der Waals surface area contributed by atoms with Gasteiger partial charge in [-0.05, 0) is 91.8 Å². The molecule has 0 spiro atoms. The minimum Gasteiger partial charge on any atom is -0.488 e. The predicted octanol–water partition coefficient (Wildman–Crippen LogP) is 7.67. The second-order valence-corrected chi connectivity index (χ2v) is 17.9. The van der Waals surface area contributed by atoms with E-state index in [9.17, 15) is 19.2 Å². The molecule has 17 heteroatoms. The number of likely N-dealkylation sites (tertiary alicyclic amines) is 2. The van der Waals surface area contributed by atoms with Crippen LogP contribution in [0.25, 0.3) is 44.2 Å². The van der Waals surface area contributed by atoms with Crippen LogP contribution >= 0.6 is 22.6 Å². The van der Waals surface area contributed by atoms with Crippen LogP contribution in [0, 0.1) is 5.92 Å². The number of H-pyrrole nitrogens is 2. The van der Waals surface area contributed by atoms with Crippen LogP contribution in [0.1, 0.15) is 89.1 Å². The number of nitrogens with zero attached hydrogens (tertiary/aromatic N) is 4. The Morgan fingerprint density at radius 3 is 2.31 bits per heavy atom. The highest BCUT2D eigenvalue weighted by Crippen LogP contribution is 2.44. The first kappa shape index (κ1) is 43.2. The molecule has 2 aromatic heterocycles. The molecule has 0 saturated carbocycles. The minimum absolute atomic E-state index is 0.0592. The predicted molar refractivity (Wildman–Crippen MR) is 240 cm³/mol. The number of hydrogen-bond donors (Lipinski definition) is 4. The topological polar surface area (TPSA) is 193 Å². The Kier molecular flexibility index (Phi) is 12.4. The summed E-state index contributed by atoms with van der Waals surface area (Å²) in [4.78, 5) is 73.1. The van der Waals surface area contributed by atoms with Crippen LogP contribution in [-0.2, 0) is 30.4 Å². The summed E-state index contributed by atoms with van der Waals surface area (Å²) in [5, 5.41) is 7.38. The van der Waals surface area contributed by atoms with Gasteiger partial charge in [-0.3, -0.25) is 9.59 Å². The number of amides is 4. The van der Waals surface area contributed by atoms with Crippen molar-refractivity contribution in [1.29, 1.82) is 0 Å². The fraction of sp³-hybridized carbons (Fsp3) is 0.467. The Morgan fingerprint density at radius 2 is 1.58 bits per heavy atom. The van der Waals surface area contributed by atoms with Crippen LogP contribution in [0.4, 0.5) is 9.59 Å². The lowest BCUT2D eigenvalue weighted by molar-refractivity contribution is -0.139. The standard InChI is InChI=1S/C45H53IN8O8/c1-8-22(2)37(51-44(57)60-6)42(55)54-34(15-16-36(54)46)41-48-31-13-11-25-18-30-28-12-10-26(17-27(28)21-62-35(30)19-29(25)39(31)50-41)32-20-47-40(49-32)33-14-9-23(3)53(33)43(56)38(24(4)59-5)52-45(58)61-7/h10-13,17-20,22-24,33-34,36-38H,8-9,14-16,21H2,1-7H3,(H,47,49)(H,48,50)(H,51,57)(H,52,58)/t22-,23-,24+,33-,34-,36+,37-,38-/m0/s1. The molecule has 3 aromatic carbocycles. The van der Waals surface area contributed by atoms with Crippen LogP contribution in [-0.4, -0.2) is 103 Å². The SMILES string of the molecule is CC[C@H](C)[C@H](NC(=O)OC)C(=O)N1[C@@H](I)CC[C@H]1c1nc2c(ccc3cc4c(cc32)OCc2cc(-c3cnc([C@@H]5CC[C@H](C)N5C(=O)[C@@H](NC(=O)OC)[C@@H](C)OC)[nH]3)ccc2-4)[nH]1. The molecule has 0 bridgehead atoms. The molecule has 8 rings (SSSR count). The maximum atomic E-state index is 14.1. The molecular formula is C45H53IN8O8. The van der Waals surface area contributed by atoms with E-state index in [1.165, 1.54) is 21.3 Å². The van der Waals surface area contributed by atoms with Crippen molar-refractivity contribution in [2.45, 2.75) is 107 Å². The van der Waals surface area contributed by atoms with Crippen molar-refractivity contribution < 1.29 is 38.1 Å². The summed E-state index contributed by atoms with van der Waals surface area (Å²) in [5.41, 5.74) is 6.50. The van der Waals surface area contributed by atoms with E-state index in [4.69, 9.17) is 28.9 Å². The molecular weight excluding hydrogens is 907 g/mol. The van der Waals surface area contributed by atoms with Crippen molar-refractivity contribution in [1.82, 2.24) is 40.4 Å². The highest BCUT2D eigenvalue weighted by Gasteiger charge is 2.44. The number of carbonyl (C=O) groups excluding carboxylic acids is 4. The molecule has 5 aromatic rings. The molecule has 3 aliphatic rings. The van der Waals surface area contributed by atoms with Crippen LogP contribution in [0.3, 0.4) is 0 Å². The largest absolute Gasteiger partial charge is 0.488 e. The van der Waals surface area contributed by atoms with Gasteiger partial charge in [-0.15, -0.1) is 0 Å². The molecule has 2 fully saturated rings. The molecule has 3 aliphatic heterocycles. The quantitative estimate of drug-likeness (QED) is 0.0580. The van der Waals surface area contributed by atoms with E-state index in [1.807, 2.05) is 31.7 Å². The van der Waals surface area contributed by atoms with E-state index in [0.717, 1.165) is 74.8 Å². The number of alkyl carbamates (subject to hydrolysis) is 2. The van der Waals surface area contributed by atoms with Gasteiger partial charge in [0, 0.05) is 24.1 Å². The first-order chi connectivity index (χ1) is 29.8. The van der Waals surface area contributed by atoms with Crippen molar-refractivity contribution in [2.24, 2.45) is 5.92 Å². The molecule has 0 unspecified atom stereocenters. The Balaban J connectivity index is 1.04. The lowest BCUT2D eigenvalue weighted by Gasteiger charge is -2.33. The van der Waals surface area contributed by atoms with E-state index in [2.05, 4.69) is 79.6 Å². The Hall–Kier alpha value is -5.43. The molecule has 5 heterocycles. The van der Waals surface area contributed by atoms with Gasteiger partial charge in [0.15, 0.2) is 0 Å². The second-order valence-electron chi connectivity index (χ2n) is 16.5. The van der Waals surface area contributed by atoms with Crippen molar-refractivity contribution >= 4 is 68.4 Å². The zero-order chi connectivity index (χ0) is 44.0. The lowest BCUT2D eigenvalue weighted by atomic mass is 9.92. The van der Waals surface area contributed by atoms with Gasteiger partial charge in [0.25, 0.3) is 0 Å². The summed E-state index contributed by atoms with van der Waals surface area (Å²) in [6.07, 6.45) is 3.64. The number of nitrogens with one attached hydrogen (secondary N) is 4. The molecule has 0 aliphatic carbocycles. The van der Waals surface area contributed by atoms with Crippen LogP contribution in [0.5, 0.6) is 5.75 Å². The summed E-state index contributed by atoms with van der Waals surface area (Å²) in [6, 6.07) is 12.3. The number of aromatic nitrogens is 4. The average Bonchev–Trinajstić information content (AvgIpc) is 4.11. The summed E-state index contributed by atoms with van der Waals surface area (Å²) in [6.45, 7) is 8.07. The van der Waals surface area contributed by atoms with Gasteiger partial charge in [0.2, 0.25) is 11.8 Å². The van der Waals surface area contributed by atoms with E-state index in [-0.39, 0.29) is 39.9 Å². The third-order valence-corrected chi connectivity index (χ3v) is 14.1. The molecule has 62 heavy (non-hydrogen) atoms. The molecule has 16 nitrogen and oxygen atoms in total. The number of methoxy groups -OCH3 is 3. The van der Waals surface area contributed by atoms with Gasteiger partial charge in [0.05, 0.1) is 59.4 Å². The van der Waals surface area contributed by atoms with Crippen LogP contribution in [0.2, 0.25) is 0 Å². The molecule has 2 saturated heterocycles. The average molecular weight is 961 g/mol. The molecule has 328 valence electrons. The van der Waals surface area contributed by atoms with Crippen molar-refractivity contribution in [3.63, 3.8) is 0 Å². The zero-order valence-corrected chi connectivity index (χ0v) is 38.1. The smallest absolute Gasteiger partial charge is 0.407 e. The maximum Gasteiger partial charge on any atom is 0.407 e. The minimum atomic E-state index is -0.927. The number of aromatic amines is 2. The number of benzene rings is 3. The van der Waals surface area contributed by atoms with Crippen molar-refractivity contribution in [2.75, 3.05) is 21.3 Å². The lowest BCUT2D eigenvalue weighted by Crippen LogP contribution is -2.55. The molecule has 4 N–H and O–H groups in total. The summed E-state index contributed by atoms with van der Waals surface area (Å²) in [5.74, 6) is 1.65. The van der Waals surface area contributed by atoms with Gasteiger partial charge in [0.1, 0.15) is 36.1 Å². The van der Waals surface area contributed by atoms with Crippen LogP contribution < -0.4 is 15.4 Å². The molecule has 4 amide bonds. The number of ether oxygens (including phenoxy) is 4. The van der Waals surface area contributed by atoms with E-state index in [0.29, 0.717) is 31.1 Å². The van der Waals surface area contributed by atoms with Crippen molar-refractivity contribution in [3.05, 3.63) is 65.9 Å². The monoisotopic (exact) mass is 960 g/mol. The van der Waals surface area contributed by atoms with Crippen molar-refractivity contribution in [3.8, 4) is 28.1 Å². The maximum absolute atomic E-state index is 14.1. The third-order valence-electron chi connectivity index (χ3n) is 12.9. The zero-order valence-electron chi connectivity index (χ0n) is 35.9. The summed E-state index contributed by atoms with van der Waals surface area (Å²) in [7, 11) is 4.06. The first-order valence-electron chi connectivity index (χ1n) is 21.1. The molecule has 0 radical (unpaired) electrons. The van der Waals surface area contributed by atoms with E-state index >= 15 is 0 Å². The Labute approximate surface area is 373 Å². The normalized spacial score (nSPS) is 21.4. The Morgan fingerprint density at radius 1 is 0.871 bits per heavy atom. The molecule has 8 atom stereocenters. The van der Waals surface area contributed by atoms with E-state index in [1.54, 1.807) is 18.0 Å². The number of imidazole rings is 2. The third kappa shape index (κ3) is 7.93. The number of fused-ring (bicyclic) bond motifs is 6. The van der Waals surface area contributed by atoms with Gasteiger partial charge in [-0.25, -0.2) is 19.6 Å². The van der Waals surface area contributed by atoms with Crippen LogP contribution in [0.15, 0.2) is 48.7 Å². The second kappa shape index (κ2) is 17.7. The summed E-state index contributed by atoms with van der Waals surface area (Å²) < 4.78 is 21.5. The number of alkyl halides is 1. The number of rotatable bonds is 11. The van der Waals surface area contributed by atoms with E-state index < -0.39 is 30.4 Å². The Bertz CT molecular complexity index is 2520. The highest BCUT2D eigenvalue weighted by atomic mass is 127. The number of halogens is 1. The number of carbonyl (C=O) groups is 4. The highest BCUT2D eigenvalue weighted by molar-refractivity contribution is 14.1.